The molecule has 2 N–H and O–H groups in total. The van der Waals surface area contributed by atoms with Gasteiger partial charge in [0.05, 0.1) is 11.6 Å². The summed E-state index contributed by atoms with van der Waals surface area (Å²) in [5, 5.41) is 24.2. The van der Waals surface area contributed by atoms with Crippen LogP contribution in [0.2, 0.25) is 0 Å². The average Bonchev–Trinajstić information content (AvgIpc) is 2.46. The van der Waals surface area contributed by atoms with Gasteiger partial charge in [-0.25, -0.2) is 0 Å². The molecule has 0 saturated heterocycles. The molecule has 2 unspecified atom stereocenters. The summed E-state index contributed by atoms with van der Waals surface area (Å²) in [5.41, 5.74) is 9.52. The number of fused-ring (bicyclic) bond motifs is 1. The summed E-state index contributed by atoms with van der Waals surface area (Å²) in [7, 11) is 0. The zero-order valence-corrected chi connectivity index (χ0v) is 10.2. The number of hydrogen-bond donors (Lipinski definition) is 2. The van der Waals surface area contributed by atoms with E-state index in [-0.39, 0.29) is 13.0 Å². The number of azide groups is 1. The lowest BCUT2D eigenvalue weighted by atomic mass is 10.0. The third-order valence-electron chi connectivity index (χ3n) is 2.92. The first-order chi connectivity index (χ1) is 9.22. The Morgan fingerprint density at radius 2 is 2.16 bits per heavy atom. The smallest absolute Gasteiger partial charge is 0.105 e. The number of nitrogens with zero attached hydrogens (tertiary/aromatic N) is 4. The molecule has 0 saturated carbocycles. The number of pyridine rings is 1. The van der Waals surface area contributed by atoms with Crippen molar-refractivity contribution in [2.45, 2.75) is 18.6 Å². The molecule has 0 amide bonds. The van der Waals surface area contributed by atoms with Crippen LogP contribution in [0.25, 0.3) is 21.3 Å². The van der Waals surface area contributed by atoms with E-state index in [4.69, 9.17) is 5.53 Å². The Balaban J connectivity index is 2.16. The molecular weight excluding hydrogens is 244 g/mol. The van der Waals surface area contributed by atoms with Crippen LogP contribution >= 0.6 is 0 Å². The van der Waals surface area contributed by atoms with Gasteiger partial charge in [-0.05, 0) is 29.6 Å². The molecule has 0 bridgehead atoms. The third-order valence-corrected chi connectivity index (χ3v) is 2.92. The van der Waals surface area contributed by atoms with Crippen molar-refractivity contribution in [2.24, 2.45) is 5.11 Å². The molecule has 0 radical (unpaired) electrons. The van der Waals surface area contributed by atoms with E-state index in [0.717, 1.165) is 10.9 Å². The van der Waals surface area contributed by atoms with Crippen LogP contribution in [-0.2, 0) is 0 Å². The summed E-state index contributed by atoms with van der Waals surface area (Å²) in [6.07, 6.45) is -0.0888. The summed E-state index contributed by atoms with van der Waals surface area (Å²) >= 11 is 0. The maximum Gasteiger partial charge on any atom is 0.105 e. The van der Waals surface area contributed by atoms with Crippen molar-refractivity contribution in [3.63, 3.8) is 0 Å². The van der Waals surface area contributed by atoms with Gasteiger partial charge in [0.1, 0.15) is 6.10 Å². The van der Waals surface area contributed by atoms with E-state index in [1.54, 1.807) is 18.3 Å². The van der Waals surface area contributed by atoms with E-state index >= 15 is 0 Å². The fourth-order valence-corrected chi connectivity index (χ4v) is 1.88. The zero-order valence-electron chi connectivity index (χ0n) is 10.2. The molecule has 0 fully saturated rings. The molecule has 1 aromatic heterocycles. The molecular formula is C13H14N4O2. The van der Waals surface area contributed by atoms with E-state index < -0.39 is 12.2 Å². The van der Waals surface area contributed by atoms with Crippen molar-refractivity contribution in [1.82, 2.24) is 4.98 Å². The first-order valence-corrected chi connectivity index (χ1v) is 5.94. The number of aromatic nitrogens is 1. The topological polar surface area (TPSA) is 102 Å². The van der Waals surface area contributed by atoms with Crippen molar-refractivity contribution >= 4 is 10.9 Å². The Bertz CT molecular complexity index is 610. The molecule has 6 heteroatoms. The molecule has 1 aromatic carbocycles. The van der Waals surface area contributed by atoms with E-state index in [1.165, 1.54) is 0 Å². The molecule has 0 aliphatic rings. The molecule has 2 atom stereocenters. The maximum atomic E-state index is 10.0. The van der Waals surface area contributed by atoms with Crippen LogP contribution in [0.3, 0.4) is 0 Å². The lowest BCUT2D eigenvalue weighted by Crippen LogP contribution is -2.19. The monoisotopic (exact) mass is 258 g/mol. The Labute approximate surface area is 110 Å². The Morgan fingerprint density at radius 3 is 2.95 bits per heavy atom. The van der Waals surface area contributed by atoms with E-state index in [9.17, 15) is 10.2 Å². The van der Waals surface area contributed by atoms with Crippen molar-refractivity contribution in [3.8, 4) is 0 Å². The molecule has 2 aromatic rings. The predicted octanol–water partition coefficient (Wildman–Crippen LogP) is 2.33. The minimum Gasteiger partial charge on any atom is -0.390 e. The second kappa shape index (κ2) is 6.15. The number of rotatable bonds is 5. The first kappa shape index (κ1) is 13.3. The van der Waals surface area contributed by atoms with E-state index in [2.05, 4.69) is 15.0 Å². The lowest BCUT2D eigenvalue weighted by Gasteiger charge is -2.17. The fraction of sp³-hybridized carbons (Fsp3) is 0.308. The van der Waals surface area contributed by atoms with Gasteiger partial charge >= 0.3 is 0 Å². The molecule has 0 aliphatic carbocycles. The molecule has 6 nitrogen and oxygen atoms in total. The summed E-state index contributed by atoms with van der Waals surface area (Å²) < 4.78 is 0. The Hall–Kier alpha value is -2.14. The van der Waals surface area contributed by atoms with Crippen LogP contribution in [0.4, 0.5) is 0 Å². The standard InChI is InChI=1S/C13H14N4O2/c14-17-16-7-5-12(18)13(19)10-4-3-9-2-1-6-15-11(9)8-10/h1-4,6,8,12-13,18-19H,5,7H2. The maximum absolute atomic E-state index is 10.0. The summed E-state index contributed by atoms with van der Waals surface area (Å²) in [4.78, 5) is 6.80. The van der Waals surface area contributed by atoms with Crippen LogP contribution in [0.5, 0.6) is 0 Å². The molecule has 0 spiro atoms. The Morgan fingerprint density at radius 1 is 1.32 bits per heavy atom. The van der Waals surface area contributed by atoms with Crippen molar-refractivity contribution in [3.05, 3.63) is 52.5 Å². The highest BCUT2D eigenvalue weighted by Gasteiger charge is 2.18. The van der Waals surface area contributed by atoms with Crippen LogP contribution in [0.1, 0.15) is 18.1 Å². The number of aliphatic hydroxyl groups excluding tert-OH is 2. The molecule has 98 valence electrons. The minimum atomic E-state index is -1.01. The normalized spacial score (nSPS) is 13.8. The highest BCUT2D eigenvalue weighted by Crippen LogP contribution is 2.22. The Kier molecular flexibility index (Phi) is 4.30. The van der Waals surface area contributed by atoms with Crippen molar-refractivity contribution in [2.75, 3.05) is 6.54 Å². The van der Waals surface area contributed by atoms with Gasteiger partial charge in [0.25, 0.3) is 0 Å². The summed E-state index contributed by atoms with van der Waals surface area (Å²) in [5.74, 6) is 0. The van der Waals surface area contributed by atoms with E-state index in [1.807, 2.05) is 18.2 Å². The fourth-order valence-electron chi connectivity index (χ4n) is 1.88. The van der Waals surface area contributed by atoms with Gasteiger partial charge in [0.2, 0.25) is 0 Å². The van der Waals surface area contributed by atoms with Gasteiger partial charge in [-0.15, -0.1) is 0 Å². The van der Waals surface area contributed by atoms with Gasteiger partial charge < -0.3 is 10.2 Å². The van der Waals surface area contributed by atoms with Crippen LogP contribution in [0.15, 0.2) is 41.6 Å². The average molecular weight is 258 g/mol. The second-order valence-electron chi connectivity index (χ2n) is 4.21. The molecule has 2 rings (SSSR count). The number of benzene rings is 1. The van der Waals surface area contributed by atoms with Gasteiger partial charge in [-0.1, -0.05) is 23.3 Å². The van der Waals surface area contributed by atoms with Crippen molar-refractivity contribution < 1.29 is 10.2 Å². The van der Waals surface area contributed by atoms with Gasteiger partial charge in [-0.2, -0.15) is 0 Å². The molecule has 1 heterocycles. The first-order valence-electron chi connectivity index (χ1n) is 5.94. The van der Waals surface area contributed by atoms with Gasteiger partial charge in [0.15, 0.2) is 0 Å². The van der Waals surface area contributed by atoms with Crippen LogP contribution in [-0.4, -0.2) is 27.8 Å². The summed E-state index contributed by atoms with van der Waals surface area (Å²) in [6, 6.07) is 9.12. The minimum absolute atomic E-state index is 0.153. The molecule has 19 heavy (non-hydrogen) atoms. The predicted molar refractivity (Wildman–Crippen MR) is 71.3 cm³/mol. The zero-order chi connectivity index (χ0) is 13.7. The van der Waals surface area contributed by atoms with Crippen LogP contribution < -0.4 is 0 Å². The summed E-state index contributed by atoms with van der Waals surface area (Å²) in [6.45, 7) is 0.153. The highest BCUT2D eigenvalue weighted by atomic mass is 16.3. The van der Waals surface area contributed by atoms with Gasteiger partial charge in [-0.3, -0.25) is 4.98 Å². The number of hydrogen-bond acceptors (Lipinski definition) is 4. The second-order valence-corrected chi connectivity index (χ2v) is 4.21. The molecule has 0 aliphatic heterocycles. The van der Waals surface area contributed by atoms with E-state index in [0.29, 0.717) is 5.56 Å². The number of aliphatic hydroxyl groups is 2. The quantitative estimate of drug-likeness (QED) is 0.488. The van der Waals surface area contributed by atoms with Crippen molar-refractivity contribution in [1.29, 1.82) is 0 Å². The lowest BCUT2D eigenvalue weighted by molar-refractivity contribution is 0.0151. The van der Waals surface area contributed by atoms with Crippen LogP contribution in [0, 0.1) is 0 Å². The SMILES string of the molecule is [N-]=[N+]=NCCC(O)C(O)c1ccc2cccnc2c1. The third kappa shape index (κ3) is 3.20. The largest absolute Gasteiger partial charge is 0.390 e. The highest BCUT2D eigenvalue weighted by molar-refractivity contribution is 5.78. The van der Waals surface area contributed by atoms with Gasteiger partial charge in [0, 0.05) is 23.0 Å².